The van der Waals surface area contributed by atoms with Crippen molar-refractivity contribution in [1.82, 2.24) is 4.90 Å². The molecule has 6 nitrogen and oxygen atoms in total. The Labute approximate surface area is 147 Å². The molecule has 0 N–H and O–H groups in total. The average molecular weight is 344 g/mol. The van der Waals surface area contributed by atoms with Crippen molar-refractivity contribution in [1.29, 1.82) is 0 Å². The van der Waals surface area contributed by atoms with E-state index in [-0.39, 0.29) is 40.7 Å². The number of nitro groups is 1. The molecule has 1 spiro atoms. The summed E-state index contributed by atoms with van der Waals surface area (Å²) in [6, 6.07) is 6.14. The number of benzene rings is 1. The van der Waals surface area contributed by atoms with Gasteiger partial charge >= 0.3 is 0 Å². The minimum Gasteiger partial charge on any atom is -0.497 e. The Kier molecular flexibility index (Phi) is 3.74. The smallest absolute Gasteiger partial charge is 0.223 e. The first-order valence-corrected chi connectivity index (χ1v) is 9.07. The van der Waals surface area contributed by atoms with E-state index >= 15 is 0 Å². The van der Waals surface area contributed by atoms with E-state index in [4.69, 9.17) is 4.74 Å². The number of amides is 1. The van der Waals surface area contributed by atoms with Gasteiger partial charge in [0.05, 0.1) is 12.6 Å². The molecule has 1 aliphatic carbocycles. The average Bonchev–Trinajstić information content (AvgIpc) is 2.91. The second-order valence-corrected chi connectivity index (χ2v) is 7.77. The minimum absolute atomic E-state index is 0.0330. The largest absolute Gasteiger partial charge is 0.497 e. The molecule has 0 radical (unpaired) electrons. The lowest BCUT2D eigenvalue weighted by atomic mass is 9.76. The highest BCUT2D eigenvalue weighted by Crippen LogP contribution is 2.60. The van der Waals surface area contributed by atoms with Crippen LogP contribution in [0.4, 0.5) is 0 Å². The second kappa shape index (κ2) is 5.71. The standard InChI is InChI=1S/C19H24N2O4/c1-12-10-19-16-6-5-14(25-2)8-13(16)4-3-7-20(19)18(22)9-17(19)15(12)11-21(23)24/h5-6,8,12,15,17H,3-4,7,9-11H2,1-2H3/t12-,15+,17?,19-/m0/s1. The lowest BCUT2D eigenvalue weighted by Crippen LogP contribution is -2.45. The Morgan fingerprint density at radius 1 is 1.44 bits per heavy atom. The van der Waals surface area contributed by atoms with Gasteiger partial charge in [0.15, 0.2) is 0 Å². The van der Waals surface area contributed by atoms with Crippen LogP contribution < -0.4 is 4.74 Å². The Hall–Kier alpha value is -2.11. The Morgan fingerprint density at radius 2 is 2.24 bits per heavy atom. The Balaban J connectivity index is 1.86. The number of aryl methyl sites for hydroxylation is 1. The summed E-state index contributed by atoms with van der Waals surface area (Å²) in [5.41, 5.74) is 2.06. The molecule has 1 saturated heterocycles. The van der Waals surface area contributed by atoms with Crippen LogP contribution >= 0.6 is 0 Å². The minimum atomic E-state index is -0.366. The monoisotopic (exact) mass is 344 g/mol. The number of hydrogen-bond acceptors (Lipinski definition) is 4. The lowest BCUT2D eigenvalue weighted by molar-refractivity contribution is -0.491. The molecule has 2 aliphatic heterocycles. The number of hydrogen-bond donors (Lipinski definition) is 0. The molecular weight excluding hydrogens is 320 g/mol. The summed E-state index contributed by atoms with van der Waals surface area (Å²) in [5.74, 6) is 1.22. The molecule has 134 valence electrons. The zero-order chi connectivity index (χ0) is 17.8. The fraction of sp³-hybridized carbons (Fsp3) is 0.632. The third-order valence-corrected chi connectivity index (χ3v) is 6.64. The molecule has 3 aliphatic rings. The van der Waals surface area contributed by atoms with Crippen molar-refractivity contribution >= 4 is 5.91 Å². The highest BCUT2D eigenvalue weighted by atomic mass is 16.6. The summed E-state index contributed by atoms with van der Waals surface area (Å²) in [6.45, 7) is 2.81. The van der Waals surface area contributed by atoms with Crippen LogP contribution in [0.1, 0.15) is 37.3 Å². The van der Waals surface area contributed by atoms with Gasteiger partial charge in [-0.2, -0.15) is 0 Å². The molecule has 1 aromatic rings. The molecule has 2 heterocycles. The zero-order valence-electron chi connectivity index (χ0n) is 14.7. The van der Waals surface area contributed by atoms with Gasteiger partial charge in [-0.3, -0.25) is 14.9 Å². The molecule has 1 saturated carbocycles. The predicted molar refractivity (Wildman–Crippen MR) is 91.9 cm³/mol. The number of fused-ring (bicyclic) bond motifs is 1. The van der Waals surface area contributed by atoms with Crippen molar-refractivity contribution in [3.05, 3.63) is 39.4 Å². The lowest BCUT2D eigenvalue weighted by Gasteiger charge is -2.39. The Bertz CT molecular complexity index is 734. The first kappa shape index (κ1) is 16.4. The molecule has 0 aromatic heterocycles. The van der Waals surface area contributed by atoms with Crippen LogP contribution in [0.25, 0.3) is 0 Å². The third kappa shape index (κ3) is 2.26. The topological polar surface area (TPSA) is 72.7 Å². The van der Waals surface area contributed by atoms with Crippen LogP contribution in [-0.4, -0.2) is 35.9 Å². The van der Waals surface area contributed by atoms with E-state index in [0.29, 0.717) is 6.42 Å². The molecule has 1 aromatic carbocycles. The van der Waals surface area contributed by atoms with Gasteiger partial charge in [0, 0.05) is 29.7 Å². The van der Waals surface area contributed by atoms with Gasteiger partial charge in [-0.1, -0.05) is 13.0 Å². The van der Waals surface area contributed by atoms with Crippen LogP contribution in [0.2, 0.25) is 0 Å². The normalized spacial score (nSPS) is 33.4. The third-order valence-electron chi connectivity index (χ3n) is 6.64. The summed E-state index contributed by atoms with van der Waals surface area (Å²) >= 11 is 0. The molecule has 1 unspecified atom stereocenters. The van der Waals surface area contributed by atoms with E-state index in [0.717, 1.165) is 31.6 Å². The summed E-state index contributed by atoms with van der Waals surface area (Å²) in [5, 5.41) is 11.2. The SMILES string of the molecule is COc1ccc2c(c1)CCCN1C(=O)CC3[C@H](C[N+](=O)[O-])[C@@H](C)C[C@]231. The molecular formula is C19H24N2O4. The van der Waals surface area contributed by atoms with Crippen molar-refractivity contribution in [3.63, 3.8) is 0 Å². The van der Waals surface area contributed by atoms with Crippen LogP contribution in [0.3, 0.4) is 0 Å². The van der Waals surface area contributed by atoms with Gasteiger partial charge < -0.3 is 9.64 Å². The van der Waals surface area contributed by atoms with Gasteiger partial charge in [0.2, 0.25) is 12.5 Å². The molecule has 1 amide bonds. The van der Waals surface area contributed by atoms with Crippen molar-refractivity contribution < 1.29 is 14.5 Å². The van der Waals surface area contributed by atoms with Gasteiger partial charge in [-0.25, -0.2) is 0 Å². The number of carbonyl (C=O) groups excluding carboxylic acids is 1. The van der Waals surface area contributed by atoms with E-state index in [2.05, 4.69) is 19.1 Å². The van der Waals surface area contributed by atoms with Crippen LogP contribution in [0, 0.1) is 27.9 Å². The maximum absolute atomic E-state index is 12.8. The van der Waals surface area contributed by atoms with Crippen molar-refractivity contribution in [2.24, 2.45) is 17.8 Å². The number of ether oxygens (including phenoxy) is 1. The van der Waals surface area contributed by atoms with Crippen molar-refractivity contribution in [2.75, 3.05) is 20.2 Å². The number of methoxy groups -OCH3 is 1. The van der Waals surface area contributed by atoms with Crippen LogP contribution in [0.5, 0.6) is 5.75 Å². The number of nitrogens with zero attached hydrogens (tertiary/aromatic N) is 2. The highest BCUT2D eigenvalue weighted by Gasteiger charge is 2.63. The number of carbonyl (C=O) groups is 1. The molecule has 6 heteroatoms. The van der Waals surface area contributed by atoms with Gasteiger partial charge in [0.25, 0.3) is 0 Å². The highest BCUT2D eigenvalue weighted by molar-refractivity contribution is 5.81. The van der Waals surface area contributed by atoms with E-state index < -0.39 is 0 Å². The fourth-order valence-electron chi connectivity index (χ4n) is 5.71. The van der Waals surface area contributed by atoms with E-state index in [1.165, 1.54) is 11.1 Å². The molecule has 25 heavy (non-hydrogen) atoms. The fourth-order valence-corrected chi connectivity index (χ4v) is 5.71. The number of rotatable bonds is 3. The van der Waals surface area contributed by atoms with E-state index in [1.807, 2.05) is 11.0 Å². The summed E-state index contributed by atoms with van der Waals surface area (Å²) in [6.07, 6.45) is 3.10. The molecule has 2 fully saturated rings. The van der Waals surface area contributed by atoms with E-state index in [9.17, 15) is 14.9 Å². The maximum atomic E-state index is 12.8. The summed E-state index contributed by atoms with van der Waals surface area (Å²) < 4.78 is 5.39. The van der Waals surface area contributed by atoms with Crippen LogP contribution in [0.15, 0.2) is 18.2 Å². The summed E-state index contributed by atoms with van der Waals surface area (Å²) in [4.78, 5) is 25.8. The van der Waals surface area contributed by atoms with Gasteiger partial charge in [-0.05, 0) is 48.4 Å². The maximum Gasteiger partial charge on any atom is 0.223 e. The summed E-state index contributed by atoms with van der Waals surface area (Å²) in [7, 11) is 1.66. The van der Waals surface area contributed by atoms with Crippen molar-refractivity contribution in [3.8, 4) is 5.75 Å². The van der Waals surface area contributed by atoms with Crippen molar-refractivity contribution in [2.45, 2.75) is 38.1 Å². The first-order valence-electron chi connectivity index (χ1n) is 9.07. The van der Waals surface area contributed by atoms with Crippen LogP contribution in [-0.2, 0) is 16.8 Å². The molecule has 4 atom stereocenters. The molecule has 0 bridgehead atoms. The van der Waals surface area contributed by atoms with Gasteiger partial charge in [0.1, 0.15) is 5.75 Å². The first-order chi connectivity index (χ1) is 12.0. The Morgan fingerprint density at radius 3 is 2.96 bits per heavy atom. The van der Waals surface area contributed by atoms with Gasteiger partial charge in [-0.15, -0.1) is 0 Å². The quantitative estimate of drug-likeness (QED) is 0.624. The second-order valence-electron chi connectivity index (χ2n) is 7.77. The van der Waals surface area contributed by atoms with E-state index in [1.54, 1.807) is 7.11 Å². The predicted octanol–water partition coefficient (Wildman–Crippen LogP) is 2.62. The zero-order valence-corrected chi connectivity index (χ0v) is 14.7. The molecule has 4 rings (SSSR count).